The first-order valence-electron chi connectivity index (χ1n) is 4.10. The second-order valence-corrected chi connectivity index (χ2v) is 3.01. The Labute approximate surface area is 122 Å². The third kappa shape index (κ3) is 95.4. The molecule has 0 aliphatic heterocycles. The Bertz CT molecular complexity index is 194. The molecule has 1 radical (unpaired) electrons. The van der Waals surface area contributed by atoms with Gasteiger partial charge in [0.2, 0.25) is 0 Å². The maximum Gasteiger partial charge on any atom is 0.304 e. The number of hydrogen-bond donors (Lipinski definition) is 3. The zero-order valence-electron chi connectivity index (χ0n) is 8.93. The molecular weight excluding hydrogens is 398 g/mol. The van der Waals surface area contributed by atoms with Crippen molar-refractivity contribution in [2.75, 3.05) is 5.33 Å². The van der Waals surface area contributed by atoms with Crippen molar-refractivity contribution in [3.63, 3.8) is 0 Å². The Morgan fingerprint density at radius 3 is 1.53 bits per heavy atom. The number of carbonyl (C=O) groups is 2. The summed E-state index contributed by atoms with van der Waals surface area (Å²) >= 11 is 2.97. The summed E-state index contributed by atoms with van der Waals surface area (Å²) in [4.78, 5) is 27.5. The van der Waals surface area contributed by atoms with Crippen LogP contribution in [0.5, 0.6) is 0 Å². The quantitative estimate of drug-likeness (QED) is 0.275. The first-order chi connectivity index (χ1) is 7.27. The van der Waals surface area contributed by atoms with E-state index < -0.39 is 17.0 Å². The van der Waals surface area contributed by atoms with Crippen molar-refractivity contribution in [3.8, 4) is 0 Å². The molecule has 0 atom stereocenters. The summed E-state index contributed by atoms with van der Waals surface area (Å²) in [5.74, 6) is -1.47. The van der Waals surface area contributed by atoms with Gasteiger partial charge in [-0.1, -0.05) is 22.9 Å². The van der Waals surface area contributed by atoms with E-state index in [4.69, 9.17) is 25.5 Å². The predicted octanol–water partition coefficient (Wildman–Crippen LogP) is 1.38. The predicted molar refractivity (Wildman–Crippen MR) is 57.4 cm³/mol. The van der Waals surface area contributed by atoms with Gasteiger partial charge >= 0.3 is 11.9 Å². The van der Waals surface area contributed by atoms with E-state index in [1.165, 1.54) is 0 Å². The average molecular weight is 412 g/mol. The molecule has 0 heterocycles. The fourth-order valence-electron chi connectivity index (χ4n) is 0.295. The van der Waals surface area contributed by atoms with Crippen molar-refractivity contribution in [1.82, 2.24) is 0 Å². The number of carboxylic acids is 2. The fourth-order valence-corrected chi connectivity index (χ4v) is 0.634. The summed E-state index contributed by atoms with van der Waals surface area (Å²) in [6.07, 6.45) is 1.23. The summed E-state index contributed by atoms with van der Waals surface area (Å²) in [5.41, 5.74) is 0. The Hall–Kier alpha value is -0.640. The van der Waals surface area contributed by atoms with Crippen molar-refractivity contribution in [2.45, 2.75) is 26.2 Å². The van der Waals surface area contributed by atoms with Crippen molar-refractivity contribution < 1.29 is 52.5 Å². The smallest absolute Gasteiger partial charge is 0.304 e. The molecule has 0 saturated carbocycles. The second-order valence-electron chi connectivity index (χ2n) is 2.21. The van der Waals surface area contributed by atoms with E-state index in [1.54, 1.807) is 0 Å². The van der Waals surface area contributed by atoms with Crippen molar-refractivity contribution in [1.29, 1.82) is 0 Å². The summed E-state index contributed by atoms with van der Waals surface area (Å²) in [5, 5.41) is 30.0. The molecule has 3 N–H and O–H groups in total. The van der Waals surface area contributed by atoms with Gasteiger partial charge in [-0.2, -0.15) is 0 Å². The van der Waals surface area contributed by atoms with E-state index in [9.17, 15) is 9.59 Å². The molecule has 0 bridgehead atoms. The number of halogens is 1. The molecular formula is C7H14AgBrNO7. The van der Waals surface area contributed by atoms with Gasteiger partial charge in [-0.05, 0) is 6.42 Å². The number of carboxylic acid groups (broad SMARTS) is 2. The molecule has 0 aromatic heterocycles. The molecule has 0 aliphatic rings. The van der Waals surface area contributed by atoms with Crippen LogP contribution in [0, 0.1) is 10.1 Å². The maximum absolute atomic E-state index is 9.60. The Morgan fingerprint density at radius 2 is 1.53 bits per heavy atom. The van der Waals surface area contributed by atoms with E-state index >= 15 is 0 Å². The van der Waals surface area contributed by atoms with Gasteiger partial charge in [0.1, 0.15) is 0 Å². The minimum atomic E-state index is -1.50. The van der Waals surface area contributed by atoms with Crippen molar-refractivity contribution in [3.05, 3.63) is 10.1 Å². The minimum Gasteiger partial charge on any atom is -0.481 e. The summed E-state index contributed by atoms with van der Waals surface area (Å²) in [6, 6.07) is 0. The average Bonchev–Trinajstić information content (AvgIpc) is 2.02. The fraction of sp³-hybridized carbons (Fsp3) is 0.714. The van der Waals surface area contributed by atoms with E-state index in [2.05, 4.69) is 15.9 Å². The van der Waals surface area contributed by atoms with Crippen LogP contribution in [0.25, 0.3) is 0 Å². The normalized spacial score (nSPS) is 7.18. The molecule has 10 heteroatoms. The molecule has 17 heavy (non-hydrogen) atoms. The largest absolute Gasteiger partial charge is 0.481 e. The van der Waals surface area contributed by atoms with E-state index in [0.717, 1.165) is 6.42 Å². The molecule has 0 spiro atoms. The van der Waals surface area contributed by atoms with Crippen LogP contribution in [0.2, 0.25) is 0 Å². The van der Waals surface area contributed by atoms with E-state index in [0.29, 0.717) is 11.8 Å². The number of hydrogen-bond acceptors (Lipinski definition) is 4. The first-order valence-corrected chi connectivity index (χ1v) is 5.22. The van der Waals surface area contributed by atoms with E-state index in [-0.39, 0.29) is 28.8 Å². The first kappa shape index (κ1) is 25.3. The molecule has 0 aromatic carbocycles. The zero-order chi connectivity index (χ0) is 13.6. The zero-order valence-corrected chi connectivity index (χ0v) is 12.0. The van der Waals surface area contributed by atoms with Crippen LogP contribution >= 0.6 is 15.9 Å². The Kier molecular flexibility index (Phi) is 30.8. The van der Waals surface area contributed by atoms with Crippen molar-refractivity contribution >= 4 is 27.9 Å². The number of aliphatic carboxylic acids is 2. The van der Waals surface area contributed by atoms with Gasteiger partial charge in [0, 0.05) is 34.1 Å². The van der Waals surface area contributed by atoms with Crippen LogP contribution in [0.3, 0.4) is 0 Å². The van der Waals surface area contributed by atoms with E-state index in [1.807, 2.05) is 6.92 Å². The standard InChI is InChI=1S/C4H8O2.C3H5BrO2.Ag.HNO3/c1-2-3-4(5)6;4-2-1-3(5)6;;2-1(3)4/h2-3H2,1H3,(H,5,6);1-2H2,(H,5,6);;(H,2,3,4). The minimum absolute atomic E-state index is 0. The molecule has 0 aliphatic carbocycles. The molecule has 0 rings (SSSR count). The van der Waals surface area contributed by atoms with Crippen LogP contribution in [0.1, 0.15) is 26.2 Å². The molecule has 0 saturated heterocycles. The summed E-state index contributed by atoms with van der Waals surface area (Å²) in [7, 11) is 0. The molecule has 8 nitrogen and oxygen atoms in total. The van der Waals surface area contributed by atoms with Gasteiger partial charge < -0.3 is 15.4 Å². The molecule has 0 aromatic rings. The topological polar surface area (TPSA) is 138 Å². The Morgan fingerprint density at radius 1 is 1.24 bits per heavy atom. The maximum atomic E-state index is 9.60. The SMILES string of the molecule is CCCC(=O)O.O=C(O)CCBr.O=[N+]([O-])O.[Ag]. The summed E-state index contributed by atoms with van der Waals surface area (Å²) in [6.45, 7) is 1.84. The second kappa shape index (κ2) is 20.7. The number of rotatable bonds is 4. The van der Waals surface area contributed by atoms with Crippen LogP contribution in [-0.2, 0) is 32.0 Å². The monoisotopic (exact) mass is 410 g/mol. The van der Waals surface area contributed by atoms with Gasteiger partial charge in [-0.15, -0.1) is 10.1 Å². The van der Waals surface area contributed by atoms with Crippen LogP contribution in [-0.4, -0.2) is 37.8 Å². The Balaban J connectivity index is -0.0000000741. The van der Waals surface area contributed by atoms with Gasteiger partial charge in [-0.3, -0.25) is 9.59 Å². The molecule has 0 fully saturated rings. The third-order valence-corrected chi connectivity index (χ3v) is 1.17. The number of alkyl halides is 1. The molecule has 0 amide bonds. The van der Waals surface area contributed by atoms with Gasteiger partial charge in [-0.25, -0.2) is 0 Å². The van der Waals surface area contributed by atoms with Crippen LogP contribution in [0.15, 0.2) is 0 Å². The van der Waals surface area contributed by atoms with Gasteiger partial charge in [0.05, 0.1) is 6.42 Å². The van der Waals surface area contributed by atoms with Gasteiger partial charge in [0.15, 0.2) is 0 Å². The van der Waals surface area contributed by atoms with Crippen LogP contribution < -0.4 is 0 Å². The number of nitrogens with zero attached hydrogens (tertiary/aromatic N) is 1. The molecule has 0 unspecified atom stereocenters. The van der Waals surface area contributed by atoms with Crippen LogP contribution in [0.4, 0.5) is 0 Å². The third-order valence-electron chi connectivity index (χ3n) is 0.772. The molecule has 107 valence electrons. The van der Waals surface area contributed by atoms with Crippen molar-refractivity contribution in [2.24, 2.45) is 0 Å². The summed E-state index contributed by atoms with van der Waals surface area (Å²) < 4.78 is 0. The van der Waals surface area contributed by atoms with Gasteiger partial charge in [0.25, 0.3) is 5.09 Å².